The van der Waals surface area contributed by atoms with Gasteiger partial charge >= 0.3 is 0 Å². The summed E-state index contributed by atoms with van der Waals surface area (Å²) in [4.78, 5) is 17.1. The number of aromatic nitrogens is 2. The number of H-pyrrole nitrogens is 1. The minimum atomic E-state index is -2.46. The van der Waals surface area contributed by atoms with Crippen LogP contribution in [0, 0.1) is 0 Å². The number of benzene rings is 2. The number of carbonyl (C=O) groups is 1. The molecule has 1 aromatic heterocycles. The number of phenols is 2. The van der Waals surface area contributed by atoms with Crippen LogP contribution >= 0.6 is 22.2 Å². The fraction of sp³-hybridized carbons (Fsp3) is 0.304. The van der Waals surface area contributed by atoms with Crippen LogP contribution < -0.4 is 4.90 Å². The van der Waals surface area contributed by atoms with Crippen molar-refractivity contribution in [3.8, 4) is 22.8 Å². The van der Waals surface area contributed by atoms with Crippen molar-refractivity contribution in [3.05, 3.63) is 58.2 Å². The Hall–Kier alpha value is -2.92. The number of nitrogens with one attached hydrogen (secondary N) is 1. The summed E-state index contributed by atoms with van der Waals surface area (Å²) in [6.07, 6.45) is 0.596. The minimum Gasteiger partial charge on any atom is -0.507 e. The summed E-state index contributed by atoms with van der Waals surface area (Å²) < 4.78 is 19.6. The second kappa shape index (κ2) is 8.70. The van der Waals surface area contributed by atoms with Gasteiger partial charge < -0.3 is 20.0 Å². The summed E-state index contributed by atoms with van der Waals surface area (Å²) in [6, 6.07) is 10.0. The summed E-state index contributed by atoms with van der Waals surface area (Å²) in [7, 11) is -2.46. The third-order valence-electron chi connectivity index (χ3n) is 6.40. The number of halogens is 1. The van der Waals surface area contributed by atoms with Gasteiger partial charge in [-0.25, -0.2) is 0 Å². The SMILES string of the molecule is O=C(c1ccc(N2CCS(O)(O)CC2)cc1)N1CCc2[nH]nc(-c3cc(Cl)c(O)cc3O)c2C1. The molecule has 9 nitrogen and oxygen atoms in total. The number of carbonyl (C=O) groups excluding carboxylic acids is 1. The molecular weight excluding hydrogens is 480 g/mol. The van der Waals surface area contributed by atoms with Crippen LogP contribution in [0.15, 0.2) is 36.4 Å². The Morgan fingerprint density at radius 3 is 2.44 bits per heavy atom. The molecule has 1 saturated heterocycles. The van der Waals surface area contributed by atoms with Gasteiger partial charge in [-0.05, 0) is 30.3 Å². The van der Waals surface area contributed by atoms with E-state index in [-0.39, 0.29) is 22.4 Å². The highest BCUT2D eigenvalue weighted by molar-refractivity contribution is 8.24. The van der Waals surface area contributed by atoms with Gasteiger partial charge in [-0.3, -0.25) is 19.0 Å². The van der Waals surface area contributed by atoms with Crippen molar-refractivity contribution in [3.63, 3.8) is 0 Å². The van der Waals surface area contributed by atoms with Gasteiger partial charge in [0.15, 0.2) is 0 Å². The van der Waals surface area contributed by atoms with E-state index in [2.05, 4.69) is 15.1 Å². The highest BCUT2D eigenvalue weighted by Crippen LogP contribution is 2.41. The van der Waals surface area contributed by atoms with Gasteiger partial charge in [0.25, 0.3) is 5.91 Å². The van der Waals surface area contributed by atoms with E-state index in [0.29, 0.717) is 60.9 Å². The first kappa shape index (κ1) is 22.9. The average molecular weight is 505 g/mol. The van der Waals surface area contributed by atoms with Crippen molar-refractivity contribution >= 4 is 33.8 Å². The maximum atomic E-state index is 13.2. The molecule has 5 N–H and O–H groups in total. The molecule has 3 heterocycles. The summed E-state index contributed by atoms with van der Waals surface area (Å²) in [5.74, 6) is 0.252. The van der Waals surface area contributed by atoms with Crippen LogP contribution in [0.3, 0.4) is 0 Å². The molecule has 0 atom stereocenters. The zero-order chi connectivity index (χ0) is 24.0. The fourth-order valence-corrected chi connectivity index (χ4v) is 5.81. The number of hydrogen-bond donors (Lipinski definition) is 5. The molecule has 11 heteroatoms. The Morgan fingerprint density at radius 2 is 1.74 bits per heavy atom. The predicted molar refractivity (Wildman–Crippen MR) is 132 cm³/mol. The molecule has 0 radical (unpaired) electrons. The Balaban J connectivity index is 1.33. The maximum absolute atomic E-state index is 13.2. The number of amides is 1. The van der Waals surface area contributed by atoms with Crippen LogP contribution in [-0.2, 0) is 13.0 Å². The molecule has 1 fully saturated rings. The molecule has 5 rings (SSSR count). The van der Waals surface area contributed by atoms with E-state index in [0.717, 1.165) is 16.9 Å². The van der Waals surface area contributed by atoms with E-state index >= 15 is 0 Å². The summed E-state index contributed by atoms with van der Waals surface area (Å²) in [5.41, 5.74) is 4.10. The number of fused-ring (bicyclic) bond motifs is 1. The topological polar surface area (TPSA) is 133 Å². The largest absolute Gasteiger partial charge is 0.507 e. The quantitative estimate of drug-likeness (QED) is 0.365. The van der Waals surface area contributed by atoms with Gasteiger partial charge in [-0.1, -0.05) is 11.6 Å². The van der Waals surface area contributed by atoms with Crippen LogP contribution in [0.2, 0.25) is 5.02 Å². The number of hydrogen-bond acceptors (Lipinski definition) is 7. The number of rotatable bonds is 3. The van der Waals surface area contributed by atoms with Crippen molar-refractivity contribution in [1.29, 1.82) is 0 Å². The summed E-state index contributed by atoms with van der Waals surface area (Å²) in [6.45, 7) is 2.00. The average Bonchev–Trinajstić information content (AvgIpc) is 3.24. The third-order valence-corrected chi connectivity index (χ3v) is 8.37. The first-order valence-corrected chi connectivity index (χ1v) is 13.1. The van der Waals surface area contributed by atoms with E-state index in [9.17, 15) is 24.1 Å². The molecule has 3 aromatic rings. The lowest BCUT2D eigenvalue weighted by molar-refractivity contribution is 0.0734. The number of aromatic hydroxyl groups is 2. The second-order valence-electron chi connectivity index (χ2n) is 8.57. The molecule has 0 saturated carbocycles. The van der Waals surface area contributed by atoms with E-state index in [1.54, 1.807) is 17.0 Å². The fourth-order valence-electron chi connectivity index (χ4n) is 4.41. The van der Waals surface area contributed by atoms with Crippen molar-refractivity contribution in [2.24, 2.45) is 0 Å². The first-order valence-electron chi connectivity index (χ1n) is 10.9. The second-order valence-corrected chi connectivity index (χ2v) is 11.4. The first-order chi connectivity index (χ1) is 16.2. The monoisotopic (exact) mass is 504 g/mol. The lowest BCUT2D eigenvalue weighted by Crippen LogP contribution is -2.38. The number of aromatic amines is 1. The van der Waals surface area contributed by atoms with Crippen molar-refractivity contribution in [1.82, 2.24) is 15.1 Å². The number of nitrogens with zero attached hydrogens (tertiary/aromatic N) is 3. The molecule has 180 valence electrons. The van der Waals surface area contributed by atoms with Crippen LogP contribution in [-0.4, -0.2) is 71.5 Å². The minimum absolute atomic E-state index is 0.104. The van der Waals surface area contributed by atoms with Crippen LogP contribution in [0.5, 0.6) is 11.5 Å². The van der Waals surface area contributed by atoms with Crippen LogP contribution in [0.4, 0.5) is 5.69 Å². The van der Waals surface area contributed by atoms with Crippen molar-refractivity contribution in [2.45, 2.75) is 13.0 Å². The zero-order valence-electron chi connectivity index (χ0n) is 18.2. The Labute approximate surface area is 202 Å². The van der Waals surface area contributed by atoms with Gasteiger partial charge in [-0.2, -0.15) is 15.7 Å². The van der Waals surface area contributed by atoms with Crippen LogP contribution in [0.1, 0.15) is 21.6 Å². The molecule has 2 aliphatic heterocycles. The van der Waals surface area contributed by atoms with Gasteiger partial charge in [-0.15, -0.1) is 0 Å². The smallest absolute Gasteiger partial charge is 0.254 e. The summed E-state index contributed by atoms with van der Waals surface area (Å²) >= 11 is 6.04. The molecule has 2 aromatic carbocycles. The van der Waals surface area contributed by atoms with Crippen molar-refractivity contribution in [2.75, 3.05) is 36.0 Å². The van der Waals surface area contributed by atoms with E-state index in [1.165, 1.54) is 12.1 Å². The summed E-state index contributed by atoms with van der Waals surface area (Å²) in [5, 5.41) is 27.5. The van der Waals surface area contributed by atoms with Gasteiger partial charge in [0, 0.05) is 66.7 Å². The predicted octanol–water partition coefficient (Wildman–Crippen LogP) is 3.91. The highest BCUT2D eigenvalue weighted by atomic mass is 35.5. The Bertz CT molecular complexity index is 1240. The molecule has 0 spiro atoms. The normalized spacial score (nSPS) is 18.4. The molecular formula is C23H25ClN4O5S. The van der Waals surface area contributed by atoms with Gasteiger partial charge in [0.2, 0.25) is 0 Å². The lowest BCUT2D eigenvalue weighted by atomic mass is 9.99. The lowest BCUT2D eigenvalue weighted by Gasteiger charge is -2.41. The van der Waals surface area contributed by atoms with E-state index in [1.807, 2.05) is 12.1 Å². The molecule has 2 aliphatic rings. The molecule has 0 bridgehead atoms. The standard InChI is InChI=1S/C23H25ClN4O5S/c24-18-11-16(20(29)12-21(18)30)22-17-13-28(6-5-19(17)25-26-22)23(31)14-1-3-15(4-2-14)27-7-9-34(32,33)10-8-27/h1-4,11-12,29-30,32-33H,5-10,13H2,(H,25,26). The van der Waals surface area contributed by atoms with E-state index < -0.39 is 10.6 Å². The van der Waals surface area contributed by atoms with Crippen LogP contribution in [0.25, 0.3) is 11.3 Å². The number of phenolic OH excluding ortho intramolecular Hbond substituents is 2. The molecule has 0 unspecified atom stereocenters. The maximum Gasteiger partial charge on any atom is 0.254 e. The van der Waals surface area contributed by atoms with Crippen molar-refractivity contribution < 1.29 is 24.1 Å². The molecule has 1 amide bonds. The molecule has 34 heavy (non-hydrogen) atoms. The highest BCUT2D eigenvalue weighted by Gasteiger charge is 2.28. The van der Waals surface area contributed by atoms with Gasteiger partial charge in [0.1, 0.15) is 17.2 Å². The zero-order valence-corrected chi connectivity index (χ0v) is 19.8. The third kappa shape index (κ3) is 4.29. The van der Waals surface area contributed by atoms with E-state index in [4.69, 9.17) is 11.6 Å². The molecule has 0 aliphatic carbocycles. The number of anilines is 1. The Morgan fingerprint density at radius 1 is 1.03 bits per heavy atom. The van der Waals surface area contributed by atoms with Gasteiger partial charge in [0.05, 0.1) is 16.5 Å². The Kier molecular flexibility index (Phi) is 5.85.